The number of phosphoric acid groups is 1. The Morgan fingerprint density at radius 3 is 0.609 bits per heavy atom. The van der Waals surface area contributed by atoms with Crippen molar-refractivity contribution in [2.24, 2.45) is 0 Å². The molecule has 16 nitrogen and oxygen atoms in total. The van der Waals surface area contributed by atoms with Crippen LogP contribution in [0, 0.1) is 0 Å². The van der Waals surface area contributed by atoms with Crippen LogP contribution in [-0.4, -0.2) is 94.2 Å². The minimum atomic E-state index is -4.64. The number of hydrogen-bond acceptors (Lipinski definition) is 13. The zero-order chi connectivity index (χ0) is 18.8. The molecule has 0 spiro atoms. The van der Waals surface area contributed by atoms with Crippen LogP contribution in [0.1, 0.15) is 0 Å². The molecule has 0 radical (unpaired) electrons. The van der Waals surface area contributed by atoms with Gasteiger partial charge in [-0.3, -0.25) is 0 Å². The van der Waals surface area contributed by atoms with Crippen LogP contribution in [0.2, 0.25) is 0 Å². The molecular formula is H13B4KNaO16P. The molecule has 23 heteroatoms. The van der Waals surface area contributed by atoms with Crippen molar-refractivity contribution in [3.8, 4) is 0 Å². The summed E-state index contributed by atoms with van der Waals surface area (Å²) in [6, 6.07) is 0. The van der Waals surface area contributed by atoms with Crippen LogP contribution in [-0.2, 0) is 4.57 Å². The Morgan fingerprint density at radius 2 is 0.609 bits per heavy atom. The van der Waals surface area contributed by atoms with Gasteiger partial charge in [-0.15, -0.1) is 0 Å². The van der Waals surface area contributed by atoms with Crippen molar-refractivity contribution in [2.45, 2.75) is 0 Å². The van der Waals surface area contributed by atoms with Gasteiger partial charge in [-0.1, -0.05) is 0 Å². The molecule has 0 rings (SSSR count). The van der Waals surface area contributed by atoms with Gasteiger partial charge < -0.3 is 75.0 Å². The fourth-order valence-corrected chi connectivity index (χ4v) is 0. The molecule has 0 heterocycles. The predicted molar refractivity (Wildman–Crippen MR) is 59.5 cm³/mol. The van der Waals surface area contributed by atoms with Crippen molar-refractivity contribution < 1.29 is 160 Å². The molecule has 0 aliphatic carbocycles. The molecule has 0 bridgehead atoms. The molecule has 0 aromatic heterocycles. The fourth-order valence-electron chi connectivity index (χ4n) is 0. The Balaban J connectivity index is -0.0000000273. The van der Waals surface area contributed by atoms with Crippen molar-refractivity contribution in [2.75, 3.05) is 0 Å². The number of hydrogen-bond donors (Lipinski definition) is 13. The normalized spacial score (nSPS) is 7.26. The molecule has 0 saturated carbocycles. The van der Waals surface area contributed by atoms with Gasteiger partial charge in [0.2, 0.25) is 0 Å². The Hall–Kier alpha value is 2.53. The molecule has 0 fully saturated rings. The van der Waals surface area contributed by atoms with Crippen LogP contribution in [0.3, 0.4) is 0 Å². The van der Waals surface area contributed by atoms with Gasteiger partial charge in [0.1, 0.15) is 0 Å². The maximum absolute atomic E-state index is 8.88. The molecule has 0 saturated heterocycles. The first kappa shape index (κ1) is 44.7. The van der Waals surface area contributed by atoms with Gasteiger partial charge in [0.25, 0.3) is 0 Å². The minimum Gasteiger partial charge on any atom is -0.871 e. The second kappa shape index (κ2) is 32.2. The Morgan fingerprint density at radius 1 is 0.609 bits per heavy atom. The molecular weight excluding hydrogens is 392 g/mol. The second-order valence-corrected chi connectivity index (χ2v) is 2.89. The fraction of sp³-hybridized carbons (Fsp3) is 0. The first-order valence-electron chi connectivity index (χ1n) is 3.84. The quantitative estimate of drug-likeness (QED) is 0.131. The standard InChI is InChI=1S/3BH3O3.BHO3.K.Na.H3O4P/c4*2-1(3)4;;;1-5(2,3)4/h3*2-4H;2H;;;(H3,1,2,3,4)/q;;;-2;2*+1;. The molecule has 128 valence electrons. The molecule has 0 aromatic rings. The zero-order valence-electron chi connectivity index (χ0n) is 11.8. The van der Waals surface area contributed by atoms with Gasteiger partial charge in [-0.05, 0) is 0 Å². The molecule has 23 heavy (non-hydrogen) atoms. The largest absolute Gasteiger partial charge is 1.00 e. The van der Waals surface area contributed by atoms with Crippen LogP contribution in [0.15, 0.2) is 0 Å². The summed E-state index contributed by atoms with van der Waals surface area (Å²) >= 11 is 0. The van der Waals surface area contributed by atoms with Gasteiger partial charge in [-0.2, -0.15) is 0 Å². The van der Waals surface area contributed by atoms with E-state index in [1.165, 1.54) is 0 Å². The average molecular weight is 405 g/mol. The van der Waals surface area contributed by atoms with Gasteiger partial charge >= 0.3 is 111 Å². The van der Waals surface area contributed by atoms with Crippen molar-refractivity contribution >= 4 is 37.1 Å². The van der Waals surface area contributed by atoms with Crippen LogP contribution in [0.25, 0.3) is 0 Å². The van der Waals surface area contributed by atoms with E-state index in [2.05, 4.69) is 0 Å². The summed E-state index contributed by atoms with van der Waals surface area (Å²) in [6.45, 7) is 0. The summed E-state index contributed by atoms with van der Waals surface area (Å²) in [4.78, 5) is 21.6. The summed E-state index contributed by atoms with van der Waals surface area (Å²) in [5, 5.41) is 88.5. The minimum absolute atomic E-state index is 0. The summed E-state index contributed by atoms with van der Waals surface area (Å²) in [5.41, 5.74) is 0. The van der Waals surface area contributed by atoms with Crippen LogP contribution < -0.4 is 91.0 Å². The van der Waals surface area contributed by atoms with Crippen LogP contribution in [0.4, 0.5) is 0 Å². The Bertz CT molecular complexity index is 165. The van der Waals surface area contributed by atoms with E-state index >= 15 is 0 Å². The van der Waals surface area contributed by atoms with E-state index in [0.717, 1.165) is 0 Å². The summed E-state index contributed by atoms with van der Waals surface area (Å²) in [6.07, 6.45) is 0. The second-order valence-electron chi connectivity index (χ2n) is 1.86. The number of rotatable bonds is 0. The molecule has 0 amide bonds. The average Bonchev–Trinajstić information content (AvgIpc) is 1.91. The molecule has 0 aromatic carbocycles. The maximum atomic E-state index is 8.88. The smallest absolute Gasteiger partial charge is 0.871 e. The molecule has 0 aliphatic rings. The van der Waals surface area contributed by atoms with Crippen LogP contribution in [0.5, 0.6) is 0 Å². The zero-order valence-corrected chi connectivity index (χ0v) is 17.8. The SMILES string of the molecule is O=P(O)(O)O.OB(O)O.OB(O)O.OB(O)O.[K+].[Na+].[O-]B([O-])O. The molecule has 0 aliphatic heterocycles. The molecule has 0 unspecified atom stereocenters. The first-order chi connectivity index (χ1) is 8.93. The maximum Gasteiger partial charge on any atom is 1.00 e. The summed E-state index contributed by atoms with van der Waals surface area (Å²) in [7, 11) is -13.8. The summed E-state index contributed by atoms with van der Waals surface area (Å²) in [5.74, 6) is 0. The van der Waals surface area contributed by atoms with Gasteiger partial charge in [0, 0.05) is 0 Å². The van der Waals surface area contributed by atoms with Gasteiger partial charge in [0.05, 0.1) is 7.32 Å². The third kappa shape index (κ3) is 1950. The van der Waals surface area contributed by atoms with Crippen molar-refractivity contribution in [3.63, 3.8) is 0 Å². The predicted octanol–water partition coefficient (Wildman–Crippen LogP) is -16.4. The van der Waals surface area contributed by atoms with E-state index in [4.69, 9.17) is 79.5 Å². The van der Waals surface area contributed by atoms with E-state index in [1.807, 2.05) is 0 Å². The van der Waals surface area contributed by atoms with Crippen LogP contribution >= 0.6 is 7.82 Å². The van der Waals surface area contributed by atoms with E-state index in [0.29, 0.717) is 0 Å². The Labute approximate surface area is 195 Å². The van der Waals surface area contributed by atoms with E-state index in [1.54, 1.807) is 0 Å². The van der Waals surface area contributed by atoms with Gasteiger partial charge in [0.15, 0.2) is 0 Å². The third-order valence-corrected chi connectivity index (χ3v) is 0. The van der Waals surface area contributed by atoms with Gasteiger partial charge in [-0.25, -0.2) is 4.57 Å². The monoisotopic (exact) mass is 406 g/mol. The van der Waals surface area contributed by atoms with E-state index in [9.17, 15) is 0 Å². The van der Waals surface area contributed by atoms with E-state index < -0.39 is 37.1 Å². The Kier molecular flexibility index (Phi) is 62.7. The first-order valence-corrected chi connectivity index (χ1v) is 5.40. The topological polar surface area (TPSA) is 326 Å². The molecule has 0 atom stereocenters. The summed E-state index contributed by atoms with van der Waals surface area (Å²) < 4.78 is 8.88. The van der Waals surface area contributed by atoms with E-state index in [-0.39, 0.29) is 80.9 Å². The van der Waals surface area contributed by atoms with Crippen molar-refractivity contribution in [3.05, 3.63) is 0 Å². The van der Waals surface area contributed by atoms with Crippen molar-refractivity contribution in [1.29, 1.82) is 0 Å². The third-order valence-electron chi connectivity index (χ3n) is 0. The van der Waals surface area contributed by atoms with Crippen molar-refractivity contribution in [1.82, 2.24) is 0 Å². The molecule has 13 N–H and O–H groups in total.